The molecule has 1 aromatic carbocycles. The average molecular weight is 270 g/mol. The molecule has 0 saturated carbocycles. The third kappa shape index (κ3) is 2.26. The van der Waals surface area contributed by atoms with E-state index in [2.05, 4.69) is 4.18 Å². The number of ether oxygens (including phenoxy) is 1. The summed E-state index contributed by atoms with van der Waals surface area (Å²) in [5.74, 6) is 0.233. The van der Waals surface area contributed by atoms with E-state index in [9.17, 15) is 13.2 Å². The van der Waals surface area contributed by atoms with Crippen LogP contribution in [0.4, 0.5) is 0 Å². The zero-order valence-electron chi connectivity index (χ0n) is 10.4. The molecule has 0 aliphatic carbocycles. The second kappa shape index (κ2) is 4.07. The van der Waals surface area contributed by atoms with Gasteiger partial charge in [-0.3, -0.25) is 8.98 Å². The molecular formula is C12H14O5S. The molecule has 0 spiro atoms. The first-order valence-corrected chi connectivity index (χ1v) is 6.83. The van der Waals surface area contributed by atoms with Crippen LogP contribution in [0.5, 0.6) is 5.75 Å². The first-order chi connectivity index (χ1) is 8.25. The molecule has 2 rings (SSSR count). The van der Waals surface area contributed by atoms with E-state index in [4.69, 9.17) is 4.74 Å². The fraction of sp³-hybridized carbons (Fsp3) is 0.417. The van der Waals surface area contributed by atoms with E-state index < -0.39 is 15.7 Å². The molecular weight excluding hydrogens is 256 g/mol. The summed E-state index contributed by atoms with van der Waals surface area (Å²) in [5.41, 5.74) is -0.219. The number of ketones is 1. The maximum Gasteiger partial charge on any atom is 0.296 e. The minimum absolute atomic E-state index is 0.0192. The van der Waals surface area contributed by atoms with Crippen molar-refractivity contribution in [3.63, 3.8) is 0 Å². The molecule has 0 saturated heterocycles. The molecule has 1 heterocycles. The summed E-state index contributed by atoms with van der Waals surface area (Å²) in [6.45, 7) is 3.57. The van der Waals surface area contributed by atoms with Crippen LogP contribution in [0, 0.1) is 0 Å². The lowest BCUT2D eigenvalue weighted by Gasteiger charge is -2.31. The highest BCUT2D eigenvalue weighted by Gasteiger charge is 2.33. The van der Waals surface area contributed by atoms with Crippen LogP contribution in [0.15, 0.2) is 23.1 Å². The predicted molar refractivity (Wildman–Crippen MR) is 64.3 cm³/mol. The van der Waals surface area contributed by atoms with Gasteiger partial charge in [-0.2, -0.15) is 8.42 Å². The Kier molecular flexibility index (Phi) is 2.95. The SMILES string of the molecule is COS(=O)(=O)c1ccc2c(c1)OC(C)(C)CC2=O. The molecule has 6 heteroatoms. The first-order valence-electron chi connectivity index (χ1n) is 5.42. The van der Waals surface area contributed by atoms with Crippen LogP contribution in [0.25, 0.3) is 0 Å². The number of carbonyl (C=O) groups excluding carboxylic acids is 1. The molecule has 1 aliphatic heterocycles. The molecule has 1 aromatic rings. The van der Waals surface area contributed by atoms with Crippen LogP contribution in [0.3, 0.4) is 0 Å². The van der Waals surface area contributed by atoms with E-state index in [1.165, 1.54) is 18.2 Å². The Hall–Kier alpha value is -1.40. The van der Waals surface area contributed by atoms with Crippen molar-refractivity contribution in [3.05, 3.63) is 23.8 Å². The maximum atomic E-state index is 11.9. The fourth-order valence-electron chi connectivity index (χ4n) is 1.88. The molecule has 0 atom stereocenters. The zero-order chi connectivity index (χ0) is 13.6. The van der Waals surface area contributed by atoms with Gasteiger partial charge in [0.15, 0.2) is 5.78 Å². The van der Waals surface area contributed by atoms with Gasteiger partial charge in [0.05, 0.1) is 24.0 Å². The summed E-state index contributed by atoms with van der Waals surface area (Å²) in [4.78, 5) is 11.9. The van der Waals surface area contributed by atoms with Gasteiger partial charge >= 0.3 is 0 Å². The van der Waals surface area contributed by atoms with Gasteiger partial charge in [-0.1, -0.05) is 0 Å². The summed E-state index contributed by atoms with van der Waals surface area (Å²) in [6.07, 6.45) is 0.274. The number of benzene rings is 1. The van der Waals surface area contributed by atoms with Crippen molar-refractivity contribution in [1.82, 2.24) is 0 Å². The molecule has 18 heavy (non-hydrogen) atoms. The lowest BCUT2D eigenvalue weighted by molar-refractivity contribution is 0.0618. The van der Waals surface area contributed by atoms with Gasteiger partial charge in [-0.15, -0.1) is 0 Å². The monoisotopic (exact) mass is 270 g/mol. The van der Waals surface area contributed by atoms with Gasteiger partial charge in [0.2, 0.25) is 0 Å². The quantitative estimate of drug-likeness (QED) is 0.766. The Morgan fingerprint density at radius 1 is 1.33 bits per heavy atom. The third-order valence-corrected chi connectivity index (χ3v) is 4.00. The van der Waals surface area contributed by atoms with Crippen molar-refractivity contribution in [2.45, 2.75) is 30.8 Å². The standard InChI is InChI=1S/C12H14O5S/c1-12(2)7-10(13)9-5-4-8(6-11(9)17-12)18(14,15)16-3/h4-6H,7H2,1-3H3. The Balaban J connectivity index is 2.54. The number of fused-ring (bicyclic) bond motifs is 1. The molecule has 0 bridgehead atoms. The van der Waals surface area contributed by atoms with Crippen LogP contribution < -0.4 is 4.74 Å². The summed E-state index contributed by atoms with van der Waals surface area (Å²) in [5, 5.41) is 0. The Morgan fingerprint density at radius 2 is 2.00 bits per heavy atom. The van der Waals surface area contributed by atoms with Crippen LogP contribution in [0.1, 0.15) is 30.6 Å². The maximum absolute atomic E-state index is 11.9. The molecule has 0 N–H and O–H groups in total. The number of Topliss-reactive ketones (excluding diaryl/α,β-unsaturated/α-hetero) is 1. The number of hydrogen-bond acceptors (Lipinski definition) is 5. The minimum atomic E-state index is -3.78. The van der Waals surface area contributed by atoms with Gasteiger partial charge in [-0.25, -0.2) is 0 Å². The van der Waals surface area contributed by atoms with Crippen molar-refractivity contribution in [1.29, 1.82) is 0 Å². The average Bonchev–Trinajstić information content (AvgIpc) is 2.26. The van der Waals surface area contributed by atoms with E-state index >= 15 is 0 Å². The highest BCUT2D eigenvalue weighted by atomic mass is 32.2. The fourth-order valence-corrected chi connectivity index (χ4v) is 2.56. The van der Waals surface area contributed by atoms with E-state index in [1.54, 1.807) is 13.8 Å². The van der Waals surface area contributed by atoms with E-state index in [0.717, 1.165) is 7.11 Å². The van der Waals surface area contributed by atoms with Gasteiger partial charge in [-0.05, 0) is 26.0 Å². The van der Waals surface area contributed by atoms with Crippen LogP contribution in [-0.4, -0.2) is 26.9 Å². The topological polar surface area (TPSA) is 69.7 Å². The lowest BCUT2D eigenvalue weighted by Crippen LogP contribution is -2.35. The van der Waals surface area contributed by atoms with Crippen molar-refractivity contribution in [2.24, 2.45) is 0 Å². The molecule has 0 radical (unpaired) electrons. The zero-order valence-corrected chi connectivity index (χ0v) is 11.2. The highest BCUT2D eigenvalue weighted by molar-refractivity contribution is 7.86. The van der Waals surface area contributed by atoms with Crippen molar-refractivity contribution >= 4 is 15.9 Å². The molecule has 1 aliphatic rings. The molecule has 98 valence electrons. The predicted octanol–water partition coefficient (Wildman–Crippen LogP) is 1.77. The second-order valence-electron chi connectivity index (χ2n) is 4.74. The Morgan fingerprint density at radius 3 is 2.61 bits per heavy atom. The molecule has 0 unspecified atom stereocenters. The van der Waals surface area contributed by atoms with E-state index in [1.807, 2.05) is 0 Å². The Labute approximate surface area is 106 Å². The van der Waals surface area contributed by atoms with Crippen molar-refractivity contribution < 1.29 is 22.1 Å². The summed E-state index contributed by atoms with van der Waals surface area (Å²) < 4.78 is 33.2. The summed E-state index contributed by atoms with van der Waals surface area (Å²) in [6, 6.07) is 4.13. The smallest absolute Gasteiger partial charge is 0.296 e. The molecule has 0 aromatic heterocycles. The number of carbonyl (C=O) groups is 1. The summed E-state index contributed by atoms with van der Waals surface area (Å²) in [7, 11) is -2.69. The summed E-state index contributed by atoms with van der Waals surface area (Å²) >= 11 is 0. The third-order valence-electron chi connectivity index (χ3n) is 2.73. The number of hydrogen-bond donors (Lipinski definition) is 0. The largest absolute Gasteiger partial charge is 0.487 e. The van der Waals surface area contributed by atoms with Crippen molar-refractivity contribution in [2.75, 3.05) is 7.11 Å². The van der Waals surface area contributed by atoms with Crippen LogP contribution in [0.2, 0.25) is 0 Å². The minimum Gasteiger partial charge on any atom is -0.487 e. The Bertz CT molecular complexity index is 601. The highest BCUT2D eigenvalue weighted by Crippen LogP contribution is 2.34. The van der Waals surface area contributed by atoms with Gasteiger partial charge in [0.1, 0.15) is 11.4 Å². The van der Waals surface area contributed by atoms with Crippen LogP contribution >= 0.6 is 0 Å². The van der Waals surface area contributed by atoms with Gasteiger partial charge in [0, 0.05) is 6.07 Å². The van der Waals surface area contributed by atoms with E-state index in [-0.39, 0.29) is 22.8 Å². The van der Waals surface area contributed by atoms with Crippen LogP contribution in [-0.2, 0) is 14.3 Å². The van der Waals surface area contributed by atoms with Crippen molar-refractivity contribution in [3.8, 4) is 5.75 Å². The lowest BCUT2D eigenvalue weighted by atomic mass is 9.93. The van der Waals surface area contributed by atoms with Gasteiger partial charge < -0.3 is 4.74 Å². The normalized spacial score (nSPS) is 18.1. The molecule has 0 amide bonds. The van der Waals surface area contributed by atoms with E-state index in [0.29, 0.717) is 5.56 Å². The molecule has 0 fully saturated rings. The van der Waals surface area contributed by atoms with Gasteiger partial charge in [0.25, 0.3) is 10.1 Å². The molecule has 5 nitrogen and oxygen atoms in total. The number of rotatable bonds is 2. The second-order valence-corrected chi connectivity index (χ2v) is 6.45. The first kappa shape index (κ1) is 13.0.